The van der Waals surface area contributed by atoms with Crippen LogP contribution in [0.4, 0.5) is 0 Å². The van der Waals surface area contributed by atoms with E-state index in [0.717, 1.165) is 22.7 Å². The van der Waals surface area contributed by atoms with Gasteiger partial charge in [0.1, 0.15) is 0 Å². The Kier molecular flexibility index (Phi) is 4.69. The van der Waals surface area contributed by atoms with E-state index in [1.165, 1.54) is 0 Å². The molecule has 0 unspecified atom stereocenters. The molecule has 96 valence electrons. The van der Waals surface area contributed by atoms with E-state index in [1.54, 1.807) is 18.9 Å². The Morgan fingerprint density at radius 2 is 2.28 bits per heavy atom. The second kappa shape index (κ2) is 6.27. The summed E-state index contributed by atoms with van der Waals surface area (Å²) in [6.07, 6.45) is 0. The van der Waals surface area contributed by atoms with E-state index in [0.29, 0.717) is 17.4 Å². The lowest BCUT2D eigenvalue weighted by Crippen LogP contribution is -2.05. The highest BCUT2D eigenvalue weighted by molar-refractivity contribution is 7.99. The Hall–Kier alpha value is -0.970. The number of para-hydroxylation sites is 2. The summed E-state index contributed by atoms with van der Waals surface area (Å²) in [4.78, 5) is 4.61. The third kappa shape index (κ3) is 3.07. The maximum absolute atomic E-state index is 5.81. The van der Waals surface area contributed by atoms with Gasteiger partial charge in [0.05, 0.1) is 17.6 Å². The van der Waals surface area contributed by atoms with Crippen molar-refractivity contribution in [1.29, 1.82) is 0 Å². The summed E-state index contributed by atoms with van der Waals surface area (Å²) in [5.41, 5.74) is 2.12. The van der Waals surface area contributed by atoms with Gasteiger partial charge >= 0.3 is 0 Å². The average Bonchev–Trinajstić information content (AvgIpc) is 2.71. The zero-order valence-electron chi connectivity index (χ0n) is 10.2. The summed E-state index contributed by atoms with van der Waals surface area (Å²) >= 11 is 7.40. The van der Waals surface area contributed by atoms with Gasteiger partial charge in [-0.05, 0) is 12.1 Å². The van der Waals surface area contributed by atoms with E-state index < -0.39 is 0 Å². The largest absolute Gasteiger partial charge is 0.383 e. The molecular weight excluding hydrogens is 268 g/mol. The number of hydrogen-bond donors (Lipinski definition) is 0. The highest BCUT2D eigenvalue weighted by atomic mass is 35.5. The van der Waals surface area contributed by atoms with Gasteiger partial charge in [0.15, 0.2) is 5.16 Å². The monoisotopic (exact) mass is 282 g/mol. The number of thioether (sulfide) groups is 1. The number of hydrogen-bond acceptors (Lipinski definition) is 3. The van der Waals surface area contributed by atoms with E-state index in [1.807, 2.05) is 18.2 Å². The van der Waals surface area contributed by atoms with Crippen molar-refractivity contribution >= 4 is 34.4 Å². The summed E-state index contributed by atoms with van der Waals surface area (Å²) in [6, 6.07) is 8.09. The van der Waals surface area contributed by atoms with E-state index in [4.69, 9.17) is 16.3 Å². The fourth-order valence-corrected chi connectivity index (χ4v) is 2.66. The van der Waals surface area contributed by atoms with Crippen LogP contribution in [-0.4, -0.2) is 29.0 Å². The Morgan fingerprint density at radius 3 is 3.00 bits per heavy atom. The van der Waals surface area contributed by atoms with Gasteiger partial charge in [-0.15, -0.1) is 0 Å². The van der Waals surface area contributed by atoms with Crippen molar-refractivity contribution in [2.75, 3.05) is 19.5 Å². The second-order valence-electron chi connectivity index (χ2n) is 3.83. The van der Waals surface area contributed by atoms with Gasteiger partial charge in [0.25, 0.3) is 0 Å². The number of imidazole rings is 1. The summed E-state index contributed by atoms with van der Waals surface area (Å²) in [5.74, 6) is 0.665. The van der Waals surface area contributed by atoms with Gasteiger partial charge in [-0.3, -0.25) is 0 Å². The third-order valence-corrected chi connectivity index (χ3v) is 3.85. The van der Waals surface area contributed by atoms with Gasteiger partial charge in [-0.1, -0.05) is 42.1 Å². The number of fused-ring (bicyclic) bond motifs is 1. The third-order valence-electron chi connectivity index (χ3n) is 2.50. The van der Waals surface area contributed by atoms with Gasteiger partial charge in [0, 0.05) is 24.4 Å². The average molecular weight is 283 g/mol. The molecule has 0 aliphatic heterocycles. The number of ether oxygens (including phenoxy) is 1. The number of nitrogens with zero attached hydrogens (tertiary/aromatic N) is 2. The van der Waals surface area contributed by atoms with Crippen LogP contribution in [0.1, 0.15) is 0 Å². The van der Waals surface area contributed by atoms with Crippen LogP contribution in [-0.2, 0) is 11.3 Å². The molecule has 1 aromatic heterocycles. The van der Waals surface area contributed by atoms with Gasteiger partial charge in [-0.25, -0.2) is 4.98 Å². The molecule has 1 aromatic carbocycles. The smallest absolute Gasteiger partial charge is 0.169 e. The molecule has 0 bridgehead atoms. The fraction of sp³-hybridized carbons (Fsp3) is 0.308. The molecule has 2 rings (SSSR count). The van der Waals surface area contributed by atoms with Crippen LogP contribution in [0.2, 0.25) is 0 Å². The molecule has 0 aliphatic carbocycles. The predicted molar refractivity (Wildman–Crippen MR) is 77.3 cm³/mol. The highest BCUT2D eigenvalue weighted by Gasteiger charge is 2.10. The van der Waals surface area contributed by atoms with Crippen molar-refractivity contribution in [1.82, 2.24) is 9.55 Å². The molecule has 1 heterocycles. The van der Waals surface area contributed by atoms with Gasteiger partial charge < -0.3 is 9.30 Å². The normalized spacial score (nSPS) is 11.0. The van der Waals surface area contributed by atoms with Crippen molar-refractivity contribution in [2.45, 2.75) is 11.7 Å². The topological polar surface area (TPSA) is 27.1 Å². The molecule has 0 spiro atoms. The van der Waals surface area contributed by atoms with Crippen molar-refractivity contribution in [3.8, 4) is 0 Å². The number of halogens is 1. The van der Waals surface area contributed by atoms with Crippen LogP contribution in [0.3, 0.4) is 0 Å². The Labute approximate surface area is 116 Å². The van der Waals surface area contributed by atoms with Gasteiger partial charge in [-0.2, -0.15) is 0 Å². The number of methoxy groups -OCH3 is 1. The zero-order valence-corrected chi connectivity index (χ0v) is 11.8. The molecule has 0 radical (unpaired) electrons. The Bertz CT molecular complexity index is 553. The van der Waals surface area contributed by atoms with Crippen molar-refractivity contribution in [2.24, 2.45) is 0 Å². The lowest BCUT2D eigenvalue weighted by Gasteiger charge is -2.07. The molecule has 2 aromatic rings. The summed E-state index contributed by atoms with van der Waals surface area (Å²) in [5, 5.41) is 1.58. The summed E-state index contributed by atoms with van der Waals surface area (Å²) < 4.78 is 7.30. The first-order chi connectivity index (χ1) is 8.72. The lowest BCUT2D eigenvalue weighted by atomic mass is 10.3. The van der Waals surface area contributed by atoms with Crippen molar-refractivity contribution in [3.05, 3.63) is 35.9 Å². The minimum Gasteiger partial charge on any atom is -0.383 e. The van der Waals surface area contributed by atoms with E-state index >= 15 is 0 Å². The molecule has 3 nitrogen and oxygen atoms in total. The first-order valence-electron chi connectivity index (χ1n) is 5.62. The molecule has 0 saturated carbocycles. The quantitative estimate of drug-likeness (QED) is 0.759. The second-order valence-corrected chi connectivity index (χ2v) is 5.31. The molecule has 0 atom stereocenters. The van der Waals surface area contributed by atoms with Crippen LogP contribution < -0.4 is 0 Å². The number of rotatable bonds is 6. The van der Waals surface area contributed by atoms with E-state index in [-0.39, 0.29) is 0 Å². The molecule has 0 saturated heterocycles. The maximum Gasteiger partial charge on any atom is 0.169 e. The number of benzene rings is 1. The Morgan fingerprint density at radius 1 is 1.50 bits per heavy atom. The van der Waals surface area contributed by atoms with E-state index in [2.05, 4.69) is 22.2 Å². The molecule has 0 amide bonds. The predicted octanol–water partition coefficient (Wildman–Crippen LogP) is 3.53. The van der Waals surface area contributed by atoms with Crippen molar-refractivity contribution in [3.63, 3.8) is 0 Å². The molecular formula is C13H15ClN2OS. The Balaban J connectivity index is 2.33. The molecule has 0 fully saturated rings. The minimum absolute atomic E-state index is 0.630. The van der Waals surface area contributed by atoms with E-state index in [9.17, 15) is 0 Å². The number of aromatic nitrogens is 2. The van der Waals surface area contributed by atoms with Crippen LogP contribution >= 0.6 is 23.4 Å². The standard InChI is InChI=1S/C13H15ClN2OS/c1-10(14)9-18-13-15-11-5-3-4-6-12(11)16(13)7-8-17-2/h3-6H,1,7-9H2,2H3. The van der Waals surface area contributed by atoms with Crippen molar-refractivity contribution < 1.29 is 4.74 Å². The first kappa shape index (κ1) is 13.5. The fourth-order valence-electron chi connectivity index (χ4n) is 1.71. The molecule has 18 heavy (non-hydrogen) atoms. The SMILES string of the molecule is C=C(Cl)CSc1nc2ccccc2n1CCOC. The van der Waals surface area contributed by atoms with Crippen LogP contribution in [0.15, 0.2) is 41.0 Å². The van der Waals surface area contributed by atoms with Crippen LogP contribution in [0.5, 0.6) is 0 Å². The molecule has 0 aliphatic rings. The molecule has 5 heteroatoms. The molecule has 0 N–H and O–H groups in total. The first-order valence-corrected chi connectivity index (χ1v) is 6.99. The van der Waals surface area contributed by atoms with Gasteiger partial charge in [0.2, 0.25) is 0 Å². The maximum atomic E-state index is 5.81. The lowest BCUT2D eigenvalue weighted by molar-refractivity contribution is 0.186. The highest BCUT2D eigenvalue weighted by Crippen LogP contribution is 2.25. The minimum atomic E-state index is 0.630. The zero-order chi connectivity index (χ0) is 13.0. The summed E-state index contributed by atoms with van der Waals surface area (Å²) in [7, 11) is 1.70. The van der Waals surface area contributed by atoms with Crippen LogP contribution in [0, 0.1) is 0 Å². The van der Waals surface area contributed by atoms with Crippen LogP contribution in [0.25, 0.3) is 11.0 Å². The summed E-state index contributed by atoms with van der Waals surface area (Å²) in [6.45, 7) is 5.15.